The summed E-state index contributed by atoms with van der Waals surface area (Å²) in [6, 6.07) is 8.79. The summed E-state index contributed by atoms with van der Waals surface area (Å²) in [4.78, 5) is 16.2. The highest BCUT2D eigenvalue weighted by Crippen LogP contribution is 2.14. The number of nitrogens with two attached hydrogens (primary N) is 1. The monoisotopic (exact) mass is 384 g/mol. The number of carbonyl (C=O) groups excluding carboxylic acids is 1. The molecule has 2 rings (SSSR count). The van der Waals surface area contributed by atoms with Gasteiger partial charge in [-0.15, -0.1) is 12.4 Å². The van der Waals surface area contributed by atoms with E-state index in [0.29, 0.717) is 23.5 Å². The Labute approximate surface area is 153 Å². The van der Waals surface area contributed by atoms with E-state index in [-0.39, 0.29) is 29.3 Å². The number of hydrogen-bond acceptors (Lipinski definition) is 5. The van der Waals surface area contributed by atoms with Crippen LogP contribution in [0.25, 0.3) is 0 Å². The molecule has 25 heavy (non-hydrogen) atoms. The Bertz CT molecular complexity index is 808. The topological polar surface area (TPSA) is 114 Å². The van der Waals surface area contributed by atoms with Gasteiger partial charge in [-0.3, -0.25) is 4.79 Å². The van der Waals surface area contributed by atoms with Crippen LogP contribution in [0.2, 0.25) is 0 Å². The van der Waals surface area contributed by atoms with Crippen LogP contribution >= 0.6 is 12.4 Å². The predicted octanol–water partition coefficient (Wildman–Crippen LogP) is 2.41. The molecule has 1 aromatic heterocycles. The summed E-state index contributed by atoms with van der Waals surface area (Å²) >= 11 is 0. The summed E-state index contributed by atoms with van der Waals surface area (Å²) in [6.07, 6.45) is 2.14. The number of benzene rings is 1. The van der Waals surface area contributed by atoms with E-state index in [1.165, 1.54) is 30.5 Å². The Morgan fingerprint density at radius 1 is 1.20 bits per heavy atom. The van der Waals surface area contributed by atoms with E-state index < -0.39 is 10.0 Å². The lowest BCUT2D eigenvalue weighted by Crippen LogP contribution is -2.32. The van der Waals surface area contributed by atoms with Crippen molar-refractivity contribution < 1.29 is 13.2 Å². The smallest absolute Gasteiger partial charge is 0.255 e. The van der Waals surface area contributed by atoms with Crippen molar-refractivity contribution in [3.8, 4) is 0 Å². The number of anilines is 2. The van der Waals surface area contributed by atoms with E-state index in [0.717, 1.165) is 0 Å². The molecule has 0 radical (unpaired) electrons. The highest BCUT2D eigenvalue weighted by molar-refractivity contribution is 7.89. The quantitative estimate of drug-likeness (QED) is 0.707. The molecule has 2 aromatic rings. The third-order valence-corrected chi connectivity index (χ3v) is 5.05. The summed E-state index contributed by atoms with van der Waals surface area (Å²) in [6.45, 7) is 3.69. The van der Waals surface area contributed by atoms with Crippen LogP contribution in [-0.2, 0) is 10.0 Å². The summed E-state index contributed by atoms with van der Waals surface area (Å²) in [5.74, 6) is -0.00299. The molecule has 1 heterocycles. The number of nitrogens with one attached hydrogen (secondary N) is 2. The molecule has 1 amide bonds. The zero-order chi connectivity index (χ0) is 17.7. The highest BCUT2D eigenvalue weighted by atomic mass is 35.5. The molecular weight excluding hydrogens is 364 g/mol. The van der Waals surface area contributed by atoms with Gasteiger partial charge in [-0.05, 0) is 49.7 Å². The normalized spacial score (nSPS) is 12.1. The van der Waals surface area contributed by atoms with Crippen LogP contribution < -0.4 is 15.8 Å². The van der Waals surface area contributed by atoms with Gasteiger partial charge in [0.2, 0.25) is 10.0 Å². The Kier molecular flexibility index (Phi) is 7.35. The number of carbonyl (C=O) groups is 1. The average Bonchev–Trinajstić information content (AvgIpc) is 2.56. The predicted molar refractivity (Wildman–Crippen MR) is 100 cm³/mol. The Hall–Kier alpha value is -2.16. The fraction of sp³-hybridized carbons (Fsp3) is 0.250. The van der Waals surface area contributed by atoms with Gasteiger partial charge in [-0.25, -0.2) is 18.1 Å². The molecule has 0 aliphatic carbocycles. The molecule has 7 nitrogen and oxygen atoms in total. The second kappa shape index (κ2) is 8.80. The van der Waals surface area contributed by atoms with E-state index in [9.17, 15) is 13.2 Å². The summed E-state index contributed by atoms with van der Waals surface area (Å²) in [5, 5.41) is 2.66. The van der Waals surface area contributed by atoms with Gasteiger partial charge in [0.15, 0.2) is 0 Å². The van der Waals surface area contributed by atoms with E-state index in [1.54, 1.807) is 19.1 Å². The van der Waals surface area contributed by atoms with Gasteiger partial charge in [0.05, 0.1) is 16.8 Å². The zero-order valence-electron chi connectivity index (χ0n) is 13.9. The lowest BCUT2D eigenvalue weighted by Gasteiger charge is -2.12. The van der Waals surface area contributed by atoms with Crippen molar-refractivity contribution in [2.75, 3.05) is 11.1 Å². The second-order valence-corrected chi connectivity index (χ2v) is 7.09. The molecule has 4 N–H and O–H groups in total. The van der Waals surface area contributed by atoms with Crippen molar-refractivity contribution in [2.24, 2.45) is 0 Å². The first-order chi connectivity index (χ1) is 11.3. The fourth-order valence-corrected chi connectivity index (χ4v) is 3.21. The van der Waals surface area contributed by atoms with E-state index in [4.69, 9.17) is 5.73 Å². The third-order valence-electron chi connectivity index (χ3n) is 3.44. The van der Waals surface area contributed by atoms with Crippen molar-refractivity contribution in [1.29, 1.82) is 0 Å². The van der Waals surface area contributed by atoms with Crippen molar-refractivity contribution >= 4 is 39.8 Å². The van der Waals surface area contributed by atoms with Crippen LogP contribution in [0.1, 0.15) is 30.6 Å². The zero-order valence-corrected chi connectivity index (χ0v) is 15.5. The Morgan fingerprint density at radius 3 is 2.36 bits per heavy atom. The molecule has 0 aliphatic rings. The van der Waals surface area contributed by atoms with Gasteiger partial charge in [-0.1, -0.05) is 6.92 Å². The maximum Gasteiger partial charge on any atom is 0.255 e. The Morgan fingerprint density at radius 2 is 1.84 bits per heavy atom. The van der Waals surface area contributed by atoms with E-state index in [1.807, 2.05) is 6.92 Å². The molecular formula is C16H21ClN4O3S. The van der Waals surface area contributed by atoms with Crippen LogP contribution in [0, 0.1) is 0 Å². The number of rotatable bonds is 6. The minimum atomic E-state index is -3.58. The van der Waals surface area contributed by atoms with Gasteiger partial charge in [0.1, 0.15) is 5.82 Å². The van der Waals surface area contributed by atoms with Crippen LogP contribution in [0.15, 0.2) is 47.5 Å². The van der Waals surface area contributed by atoms with E-state index >= 15 is 0 Å². The summed E-state index contributed by atoms with van der Waals surface area (Å²) < 4.78 is 26.9. The summed E-state index contributed by atoms with van der Waals surface area (Å²) in [5.41, 5.74) is 6.33. The first-order valence-electron chi connectivity index (χ1n) is 7.47. The van der Waals surface area contributed by atoms with Crippen molar-refractivity contribution in [1.82, 2.24) is 9.71 Å². The molecule has 0 bridgehead atoms. The summed E-state index contributed by atoms with van der Waals surface area (Å²) in [7, 11) is -3.58. The Balaban J connectivity index is 0.00000312. The first kappa shape index (κ1) is 20.9. The van der Waals surface area contributed by atoms with E-state index in [2.05, 4.69) is 15.0 Å². The van der Waals surface area contributed by atoms with Crippen LogP contribution in [-0.4, -0.2) is 25.4 Å². The van der Waals surface area contributed by atoms with Gasteiger partial charge in [-0.2, -0.15) is 0 Å². The molecule has 1 aromatic carbocycles. The third kappa shape index (κ3) is 5.70. The van der Waals surface area contributed by atoms with Crippen LogP contribution in [0.5, 0.6) is 0 Å². The fourth-order valence-electron chi connectivity index (χ4n) is 1.88. The van der Waals surface area contributed by atoms with Crippen LogP contribution in [0.4, 0.5) is 11.5 Å². The molecule has 0 aliphatic heterocycles. The largest absolute Gasteiger partial charge is 0.384 e. The number of nitrogens with zero attached hydrogens (tertiary/aromatic N) is 1. The SMILES string of the molecule is CCC(C)NS(=O)(=O)c1ccc(C(=O)Nc2ccc(N)nc2)cc1.Cl. The minimum absolute atomic E-state index is 0. The first-order valence-corrected chi connectivity index (χ1v) is 8.95. The minimum Gasteiger partial charge on any atom is -0.384 e. The number of nitrogen functional groups attached to an aromatic ring is 1. The van der Waals surface area contributed by atoms with Crippen molar-refractivity contribution in [3.63, 3.8) is 0 Å². The van der Waals surface area contributed by atoms with Crippen molar-refractivity contribution in [2.45, 2.75) is 31.2 Å². The number of halogens is 1. The highest BCUT2D eigenvalue weighted by Gasteiger charge is 2.17. The van der Waals surface area contributed by atoms with Crippen molar-refractivity contribution in [3.05, 3.63) is 48.2 Å². The molecule has 1 atom stereocenters. The molecule has 0 fully saturated rings. The average molecular weight is 385 g/mol. The number of pyridine rings is 1. The number of amides is 1. The van der Waals surface area contributed by atoms with Gasteiger partial charge in [0.25, 0.3) is 5.91 Å². The number of hydrogen-bond donors (Lipinski definition) is 3. The number of aromatic nitrogens is 1. The lowest BCUT2D eigenvalue weighted by atomic mass is 10.2. The van der Waals surface area contributed by atoms with Gasteiger partial charge < -0.3 is 11.1 Å². The molecule has 9 heteroatoms. The maximum absolute atomic E-state index is 12.2. The number of sulfonamides is 1. The molecule has 0 saturated carbocycles. The maximum atomic E-state index is 12.2. The molecule has 0 spiro atoms. The molecule has 1 unspecified atom stereocenters. The van der Waals surface area contributed by atoms with Gasteiger partial charge >= 0.3 is 0 Å². The standard InChI is InChI=1S/C16H20N4O3S.ClH/c1-3-11(2)20-24(22,23)14-7-4-12(5-8-14)16(21)19-13-6-9-15(17)18-10-13;/h4-11,20H,3H2,1-2H3,(H2,17,18)(H,19,21);1H. The van der Waals surface area contributed by atoms with Gasteiger partial charge in [0, 0.05) is 11.6 Å². The molecule has 0 saturated heterocycles. The lowest BCUT2D eigenvalue weighted by molar-refractivity contribution is 0.102. The molecule has 136 valence electrons. The second-order valence-electron chi connectivity index (χ2n) is 5.38. The van der Waals surface area contributed by atoms with Crippen LogP contribution in [0.3, 0.4) is 0 Å².